The van der Waals surface area contributed by atoms with E-state index < -0.39 is 0 Å². The van der Waals surface area contributed by atoms with Crippen molar-refractivity contribution in [1.82, 2.24) is 0 Å². The van der Waals surface area contributed by atoms with Crippen LogP contribution in [0.5, 0.6) is 0 Å². The quantitative estimate of drug-likeness (QED) is 0.555. The van der Waals surface area contributed by atoms with E-state index in [-0.39, 0.29) is 0 Å². The molecule has 0 aromatic rings. The molecule has 0 fully saturated rings. The van der Waals surface area contributed by atoms with E-state index in [1.807, 2.05) is 19.9 Å². The summed E-state index contributed by atoms with van der Waals surface area (Å²) in [6.07, 6.45) is 1.98. The molecule has 0 amide bonds. The lowest BCUT2D eigenvalue weighted by Gasteiger charge is -2.12. The first kappa shape index (κ1) is 6.99. The first-order valence-electron chi connectivity index (χ1n) is 3.14. The van der Waals surface area contributed by atoms with Gasteiger partial charge in [0.2, 0.25) is 5.88 Å². The molecule has 0 aliphatic carbocycles. The molecule has 0 aromatic carbocycles. The number of ether oxygens (including phenoxy) is 1. The lowest BCUT2D eigenvalue weighted by atomic mass is 10.1. The number of hydrogen-bond donors (Lipinski definition) is 1. The van der Waals surface area contributed by atoms with Crippen LogP contribution in [0.1, 0.15) is 13.8 Å². The van der Waals surface area contributed by atoms with E-state index in [4.69, 9.17) is 10.3 Å². The van der Waals surface area contributed by atoms with Crippen molar-refractivity contribution in [1.29, 1.82) is 5.53 Å². The zero-order chi connectivity index (χ0) is 7.56. The van der Waals surface area contributed by atoms with Gasteiger partial charge in [-0.05, 0) is 25.5 Å². The Hall–Kier alpha value is -1.12. The highest BCUT2D eigenvalue weighted by Crippen LogP contribution is 2.19. The molecule has 0 saturated carbocycles. The topological polar surface area (TPSA) is 45.4 Å². The highest BCUT2D eigenvalue weighted by Gasteiger charge is 2.08. The molecule has 0 aromatic heterocycles. The maximum Gasteiger partial charge on any atom is 0.236 e. The van der Waals surface area contributed by atoms with Gasteiger partial charge in [0.15, 0.2) is 0 Å². The summed E-state index contributed by atoms with van der Waals surface area (Å²) in [7, 11) is 0. The molecule has 54 valence electrons. The summed E-state index contributed by atoms with van der Waals surface area (Å²) < 4.78 is 5.06. The third kappa shape index (κ3) is 1.07. The Balaban J connectivity index is 2.95. The first-order valence-corrected chi connectivity index (χ1v) is 3.14. The third-order valence-electron chi connectivity index (χ3n) is 1.62. The van der Waals surface area contributed by atoms with Crippen LogP contribution in [-0.2, 0) is 4.74 Å². The molecular formula is C7H10N2O. The van der Waals surface area contributed by atoms with Gasteiger partial charge in [-0.2, -0.15) is 0 Å². The van der Waals surface area contributed by atoms with Gasteiger partial charge in [0.1, 0.15) is 6.61 Å². The highest BCUT2D eigenvalue weighted by atomic mass is 16.5. The second-order valence-electron chi connectivity index (χ2n) is 2.24. The summed E-state index contributed by atoms with van der Waals surface area (Å²) in [6, 6.07) is 0. The molecule has 3 nitrogen and oxygen atoms in total. The molecular weight excluding hydrogens is 128 g/mol. The molecule has 3 heteroatoms. The van der Waals surface area contributed by atoms with E-state index in [0.29, 0.717) is 12.5 Å². The summed E-state index contributed by atoms with van der Waals surface area (Å²) in [5, 5.41) is 3.25. The maximum atomic E-state index is 6.73. The monoisotopic (exact) mass is 138 g/mol. The number of allylic oxidation sites excluding steroid dienone is 2. The fourth-order valence-electron chi connectivity index (χ4n) is 0.792. The second kappa shape index (κ2) is 2.64. The summed E-state index contributed by atoms with van der Waals surface area (Å²) in [5.74, 6) is 0.444. The molecule has 0 atom stereocenters. The lowest BCUT2D eigenvalue weighted by molar-refractivity contribution is 0.230. The lowest BCUT2D eigenvalue weighted by Crippen LogP contribution is -2.01. The number of nitrogens with one attached hydrogen (secondary N) is 1. The number of hydrogen-bond acceptors (Lipinski definition) is 3. The minimum atomic E-state index is 0.444. The Kier molecular flexibility index (Phi) is 1.85. The Morgan fingerprint density at radius 3 is 2.80 bits per heavy atom. The minimum Gasteiger partial charge on any atom is -0.472 e. The number of rotatable bonds is 1. The average Bonchev–Trinajstić information content (AvgIpc) is 1.95. The van der Waals surface area contributed by atoms with Crippen LogP contribution < -0.4 is 0 Å². The Labute approximate surface area is 59.9 Å². The molecule has 1 aliphatic heterocycles. The molecule has 1 aliphatic rings. The van der Waals surface area contributed by atoms with E-state index in [9.17, 15) is 0 Å². The van der Waals surface area contributed by atoms with Gasteiger partial charge in [-0.25, -0.2) is 5.53 Å². The first-order chi connectivity index (χ1) is 4.75. The summed E-state index contributed by atoms with van der Waals surface area (Å²) in [5.41, 5.74) is 8.84. The maximum absolute atomic E-state index is 6.73. The zero-order valence-electron chi connectivity index (χ0n) is 6.14. The average molecular weight is 138 g/mol. The normalized spacial score (nSPS) is 18.0. The molecule has 0 bridgehead atoms. The van der Waals surface area contributed by atoms with E-state index >= 15 is 0 Å². The fourth-order valence-corrected chi connectivity index (χ4v) is 0.792. The van der Waals surface area contributed by atoms with Gasteiger partial charge < -0.3 is 4.74 Å². The van der Waals surface area contributed by atoms with Crippen molar-refractivity contribution >= 4 is 0 Å². The van der Waals surface area contributed by atoms with Gasteiger partial charge in [0.05, 0.1) is 0 Å². The van der Waals surface area contributed by atoms with Crippen molar-refractivity contribution < 1.29 is 4.74 Å². The zero-order valence-corrected chi connectivity index (χ0v) is 6.14. The number of nitrogens with zero attached hydrogens (tertiary/aromatic N) is 1. The van der Waals surface area contributed by atoms with Crippen molar-refractivity contribution in [3.05, 3.63) is 23.1 Å². The van der Waals surface area contributed by atoms with Crippen molar-refractivity contribution in [2.45, 2.75) is 13.8 Å². The predicted octanol–water partition coefficient (Wildman–Crippen LogP) is 2.23. The van der Waals surface area contributed by atoms with Gasteiger partial charge in [-0.15, -0.1) is 5.11 Å². The molecule has 0 radical (unpaired) electrons. The van der Waals surface area contributed by atoms with Crippen LogP contribution in [-0.4, -0.2) is 6.61 Å². The SMILES string of the molecule is CC1=CCOC(N=N)=C1C. The van der Waals surface area contributed by atoms with Crippen LogP contribution in [0.3, 0.4) is 0 Å². The Morgan fingerprint density at radius 2 is 2.30 bits per heavy atom. The van der Waals surface area contributed by atoms with Crippen LogP contribution in [0.2, 0.25) is 0 Å². The van der Waals surface area contributed by atoms with Gasteiger partial charge in [0.25, 0.3) is 0 Å². The molecule has 10 heavy (non-hydrogen) atoms. The van der Waals surface area contributed by atoms with Crippen molar-refractivity contribution in [2.75, 3.05) is 6.61 Å². The Bertz CT molecular complexity index is 216. The van der Waals surface area contributed by atoms with Gasteiger partial charge in [-0.1, -0.05) is 0 Å². The van der Waals surface area contributed by atoms with Crippen LogP contribution in [0.4, 0.5) is 0 Å². The predicted molar refractivity (Wildman–Crippen MR) is 37.6 cm³/mol. The molecule has 0 unspecified atom stereocenters. The van der Waals surface area contributed by atoms with Crippen LogP contribution in [0.15, 0.2) is 28.2 Å². The Morgan fingerprint density at radius 1 is 1.60 bits per heavy atom. The van der Waals surface area contributed by atoms with E-state index in [1.54, 1.807) is 0 Å². The van der Waals surface area contributed by atoms with Crippen LogP contribution in [0.25, 0.3) is 0 Å². The summed E-state index contributed by atoms with van der Waals surface area (Å²) in [4.78, 5) is 0. The second-order valence-corrected chi connectivity index (χ2v) is 2.24. The van der Waals surface area contributed by atoms with Crippen molar-refractivity contribution in [3.8, 4) is 0 Å². The largest absolute Gasteiger partial charge is 0.472 e. The molecule has 0 saturated heterocycles. The minimum absolute atomic E-state index is 0.444. The summed E-state index contributed by atoms with van der Waals surface area (Å²) in [6.45, 7) is 4.43. The van der Waals surface area contributed by atoms with E-state index in [2.05, 4.69) is 5.11 Å². The summed E-state index contributed by atoms with van der Waals surface area (Å²) >= 11 is 0. The molecule has 1 N–H and O–H groups in total. The fraction of sp³-hybridized carbons (Fsp3) is 0.429. The molecule has 1 heterocycles. The molecule has 1 rings (SSSR count). The highest BCUT2D eigenvalue weighted by molar-refractivity contribution is 5.31. The van der Waals surface area contributed by atoms with Crippen LogP contribution >= 0.6 is 0 Å². The van der Waals surface area contributed by atoms with Gasteiger partial charge >= 0.3 is 0 Å². The molecule has 0 spiro atoms. The van der Waals surface area contributed by atoms with E-state index in [0.717, 1.165) is 11.1 Å². The van der Waals surface area contributed by atoms with Crippen molar-refractivity contribution in [2.24, 2.45) is 5.11 Å². The van der Waals surface area contributed by atoms with Gasteiger partial charge in [-0.3, -0.25) is 0 Å². The third-order valence-corrected chi connectivity index (χ3v) is 1.62. The standard InChI is InChI=1S/C7H10N2O/c1-5-3-4-10-7(9-8)6(5)2/h3,8H,4H2,1-2H3. The smallest absolute Gasteiger partial charge is 0.236 e. The van der Waals surface area contributed by atoms with Gasteiger partial charge in [0, 0.05) is 5.57 Å². The van der Waals surface area contributed by atoms with Crippen LogP contribution in [0, 0.1) is 5.53 Å². The van der Waals surface area contributed by atoms with Crippen molar-refractivity contribution in [3.63, 3.8) is 0 Å². The van der Waals surface area contributed by atoms with E-state index in [1.165, 1.54) is 0 Å².